The number of nitrogens with zero attached hydrogens (tertiary/aromatic N) is 2. The third-order valence-corrected chi connectivity index (χ3v) is 4.80. The molecule has 0 radical (unpaired) electrons. The zero-order valence-corrected chi connectivity index (χ0v) is 16.4. The van der Waals surface area contributed by atoms with E-state index >= 15 is 0 Å². The molecular weight excluding hydrogens is 395 g/mol. The van der Waals surface area contributed by atoms with Crippen LogP contribution in [-0.4, -0.2) is 45.3 Å². The molecule has 150 valence electrons. The maximum absolute atomic E-state index is 13.0. The van der Waals surface area contributed by atoms with Crippen LogP contribution in [0, 0.1) is 5.82 Å². The van der Waals surface area contributed by atoms with E-state index in [1.165, 1.54) is 34.2 Å². The van der Waals surface area contributed by atoms with Crippen LogP contribution in [0.3, 0.4) is 0 Å². The van der Waals surface area contributed by atoms with E-state index in [4.69, 9.17) is 12.2 Å². The number of nitrogens with one attached hydrogen (secondary N) is 2. The van der Waals surface area contributed by atoms with Crippen LogP contribution in [0.5, 0.6) is 0 Å². The van der Waals surface area contributed by atoms with E-state index in [9.17, 15) is 18.8 Å². The van der Waals surface area contributed by atoms with E-state index in [0.717, 1.165) is 0 Å². The van der Waals surface area contributed by atoms with Gasteiger partial charge in [-0.15, -0.1) is 0 Å². The van der Waals surface area contributed by atoms with Gasteiger partial charge < -0.3 is 5.32 Å². The van der Waals surface area contributed by atoms with Crippen molar-refractivity contribution < 1.29 is 18.8 Å². The van der Waals surface area contributed by atoms with Gasteiger partial charge in [-0.3, -0.25) is 24.7 Å². The van der Waals surface area contributed by atoms with Gasteiger partial charge >= 0.3 is 0 Å². The second-order valence-corrected chi connectivity index (χ2v) is 6.68. The van der Waals surface area contributed by atoms with Crippen molar-refractivity contribution in [1.82, 2.24) is 15.3 Å². The van der Waals surface area contributed by atoms with Crippen LogP contribution >= 0.6 is 12.2 Å². The van der Waals surface area contributed by atoms with Crippen molar-refractivity contribution in [3.8, 4) is 0 Å². The number of halogens is 1. The predicted octanol–water partition coefficient (Wildman–Crippen LogP) is 2.32. The minimum atomic E-state index is -0.976. The van der Waals surface area contributed by atoms with Crippen LogP contribution in [0.2, 0.25) is 0 Å². The molecule has 29 heavy (non-hydrogen) atoms. The Morgan fingerprint density at radius 1 is 1.10 bits per heavy atom. The molecule has 2 aromatic carbocycles. The highest BCUT2D eigenvalue weighted by Gasteiger charge is 2.43. The first-order valence-electron chi connectivity index (χ1n) is 8.96. The van der Waals surface area contributed by atoms with Crippen LogP contribution in [0.4, 0.5) is 10.1 Å². The highest BCUT2D eigenvalue weighted by molar-refractivity contribution is 7.80. The van der Waals surface area contributed by atoms with Gasteiger partial charge in [0.1, 0.15) is 11.9 Å². The molecule has 2 aromatic rings. The van der Waals surface area contributed by atoms with Crippen molar-refractivity contribution in [2.45, 2.75) is 19.4 Å². The van der Waals surface area contributed by atoms with Crippen molar-refractivity contribution in [2.24, 2.45) is 0 Å². The molecular formula is C20H19FN4O3S. The lowest BCUT2D eigenvalue weighted by molar-refractivity contribution is -0.130. The standard InChI is InChI=1S/C20H19FN4O3S/c1-2-24-19(28)16(12-17(26)22-15-10-8-14(21)9-11-15)25(20(24)29)23-18(27)13-6-4-3-5-7-13/h3-11,16H,2,12H2,1H3,(H,22,26)(H,23,27). The normalized spacial score (nSPS) is 16.1. The van der Waals surface area contributed by atoms with Gasteiger partial charge in [0, 0.05) is 17.8 Å². The molecule has 1 fully saturated rings. The molecule has 9 heteroatoms. The van der Waals surface area contributed by atoms with Gasteiger partial charge in [-0.05, 0) is 55.5 Å². The summed E-state index contributed by atoms with van der Waals surface area (Å²) in [5.74, 6) is -1.70. The van der Waals surface area contributed by atoms with Crippen LogP contribution < -0.4 is 10.7 Å². The molecule has 7 nitrogen and oxygen atoms in total. The van der Waals surface area contributed by atoms with Gasteiger partial charge in [0.05, 0.1) is 6.42 Å². The monoisotopic (exact) mass is 414 g/mol. The van der Waals surface area contributed by atoms with Crippen LogP contribution in [0.15, 0.2) is 54.6 Å². The molecule has 3 amide bonds. The van der Waals surface area contributed by atoms with Gasteiger partial charge in [-0.1, -0.05) is 18.2 Å². The van der Waals surface area contributed by atoms with E-state index in [-0.39, 0.29) is 17.4 Å². The number of hydrogen-bond acceptors (Lipinski definition) is 4. The number of benzene rings is 2. The van der Waals surface area contributed by atoms with Crippen LogP contribution in [0.25, 0.3) is 0 Å². The summed E-state index contributed by atoms with van der Waals surface area (Å²) in [7, 11) is 0. The number of likely N-dealkylation sites (N-methyl/N-ethyl adjacent to an activating group) is 1. The first-order chi connectivity index (χ1) is 13.9. The average molecular weight is 414 g/mol. The number of rotatable bonds is 6. The van der Waals surface area contributed by atoms with Gasteiger partial charge in [-0.2, -0.15) is 0 Å². The summed E-state index contributed by atoms with van der Waals surface area (Å²) in [6, 6.07) is 12.8. The van der Waals surface area contributed by atoms with Crippen molar-refractivity contribution in [1.29, 1.82) is 0 Å². The molecule has 1 saturated heterocycles. The number of hydrogen-bond donors (Lipinski definition) is 2. The smallest absolute Gasteiger partial charge is 0.269 e. The molecule has 1 unspecified atom stereocenters. The van der Waals surface area contributed by atoms with Crippen molar-refractivity contribution in [3.63, 3.8) is 0 Å². The summed E-state index contributed by atoms with van der Waals surface area (Å²) in [6.45, 7) is 2.06. The molecule has 0 aromatic heterocycles. The van der Waals surface area contributed by atoms with E-state index in [2.05, 4.69) is 10.7 Å². The van der Waals surface area contributed by atoms with E-state index in [1.807, 2.05) is 0 Å². The fourth-order valence-electron chi connectivity index (χ4n) is 2.93. The Morgan fingerprint density at radius 3 is 2.38 bits per heavy atom. The first kappa shape index (κ1) is 20.4. The average Bonchev–Trinajstić information content (AvgIpc) is 2.93. The number of hydrazine groups is 1. The maximum atomic E-state index is 13.0. The summed E-state index contributed by atoms with van der Waals surface area (Å²) in [5.41, 5.74) is 3.42. The number of amides is 3. The van der Waals surface area contributed by atoms with Gasteiger partial charge in [-0.25, -0.2) is 9.40 Å². The Balaban J connectivity index is 1.75. The molecule has 1 aliphatic rings. The second-order valence-electron chi connectivity index (χ2n) is 6.32. The fraction of sp³-hybridized carbons (Fsp3) is 0.200. The molecule has 0 spiro atoms. The fourth-order valence-corrected chi connectivity index (χ4v) is 3.32. The second kappa shape index (κ2) is 8.78. The zero-order chi connectivity index (χ0) is 21.0. The Hall–Kier alpha value is -3.33. The number of anilines is 1. The molecule has 2 N–H and O–H groups in total. The lowest BCUT2D eigenvalue weighted by atomic mass is 10.1. The first-order valence-corrected chi connectivity index (χ1v) is 9.37. The topological polar surface area (TPSA) is 81.8 Å². The highest BCUT2D eigenvalue weighted by Crippen LogP contribution is 2.20. The minimum absolute atomic E-state index is 0.126. The van der Waals surface area contributed by atoms with Crippen molar-refractivity contribution >= 4 is 40.7 Å². The van der Waals surface area contributed by atoms with E-state index in [0.29, 0.717) is 17.8 Å². The van der Waals surface area contributed by atoms with E-state index in [1.54, 1.807) is 37.3 Å². The Bertz CT molecular complexity index is 937. The SMILES string of the molecule is CCN1C(=O)C(CC(=O)Nc2ccc(F)cc2)N(NC(=O)c2ccccc2)C1=S. The Labute approximate surface area is 172 Å². The molecule has 1 atom stereocenters. The van der Waals surface area contributed by atoms with Gasteiger partial charge in [0.25, 0.3) is 11.8 Å². The molecule has 0 bridgehead atoms. The summed E-state index contributed by atoms with van der Waals surface area (Å²) in [4.78, 5) is 39.0. The molecule has 3 rings (SSSR count). The summed E-state index contributed by atoms with van der Waals surface area (Å²) in [6.07, 6.45) is -0.234. The highest BCUT2D eigenvalue weighted by atomic mass is 32.1. The number of carbonyl (C=O) groups is 3. The number of carbonyl (C=O) groups excluding carboxylic acids is 3. The van der Waals surface area contributed by atoms with Crippen LogP contribution in [0.1, 0.15) is 23.7 Å². The quantitative estimate of drug-likeness (QED) is 0.709. The van der Waals surface area contributed by atoms with Gasteiger partial charge in [0.15, 0.2) is 5.11 Å². The predicted molar refractivity (Wildman–Crippen MR) is 109 cm³/mol. The van der Waals surface area contributed by atoms with Gasteiger partial charge in [0.2, 0.25) is 5.91 Å². The number of thiocarbonyl (C=S) groups is 1. The summed E-state index contributed by atoms with van der Waals surface area (Å²) in [5, 5.41) is 3.99. The Kier molecular flexibility index (Phi) is 6.18. The van der Waals surface area contributed by atoms with Crippen molar-refractivity contribution in [2.75, 3.05) is 11.9 Å². The maximum Gasteiger partial charge on any atom is 0.269 e. The molecule has 1 heterocycles. The van der Waals surface area contributed by atoms with E-state index < -0.39 is 23.7 Å². The van der Waals surface area contributed by atoms with Crippen LogP contribution in [-0.2, 0) is 9.59 Å². The molecule has 0 aliphatic carbocycles. The lowest BCUT2D eigenvalue weighted by Crippen LogP contribution is -2.49. The third kappa shape index (κ3) is 4.57. The van der Waals surface area contributed by atoms with Crippen molar-refractivity contribution in [3.05, 3.63) is 66.0 Å². The Morgan fingerprint density at radius 2 is 1.76 bits per heavy atom. The summed E-state index contributed by atoms with van der Waals surface area (Å²) < 4.78 is 13.0. The lowest BCUT2D eigenvalue weighted by Gasteiger charge is -2.24. The molecule has 1 aliphatic heterocycles. The third-order valence-electron chi connectivity index (χ3n) is 4.38. The minimum Gasteiger partial charge on any atom is -0.326 e. The molecule has 0 saturated carbocycles. The summed E-state index contributed by atoms with van der Waals surface area (Å²) >= 11 is 5.32. The largest absolute Gasteiger partial charge is 0.326 e. The zero-order valence-electron chi connectivity index (χ0n) is 15.6.